The van der Waals surface area contributed by atoms with E-state index < -0.39 is 10.1 Å². The Morgan fingerprint density at radius 2 is 1.83 bits per heavy atom. The van der Waals surface area contributed by atoms with Gasteiger partial charge in [-0.25, -0.2) is 0 Å². The van der Waals surface area contributed by atoms with Gasteiger partial charge in [0.05, 0.1) is 6.04 Å². The maximum absolute atomic E-state index is 11.8. The smallest absolute Gasteiger partial charge is 0.311 e. The highest BCUT2D eigenvalue weighted by Gasteiger charge is 2.33. The molecule has 0 saturated carbocycles. The fourth-order valence-electron chi connectivity index (χ4n) is 2.10. The summed E-state index contributed by atoms with van der Waals surface area (Å²) in [6.45, 7) is 1.92. The van der Waals surface area contributed by atoms with Crippen LogP contribution in [0.2, 0.25) is 0 Å². The van der Waals surface area contributed by atoms with E-state index in [2.05, 4.69) is 0 Å². The molecule has 98 valence electrons. The molecule has 1 aromatic rings. The number of nitrogens with zero attached hydrogens (tertiary/aromatic N) is 1. The topological polar surface area (TPSA) is 46.6 Å². The predicted octanol–water partition coefficient (Wildman–Crippen LogP) is 1.71. The third-order valence-electron chi connectivity index (χ3n) is 3.09. The van der Waals surface area contributed by atoms with Crippen LogP contribution in [0, 0.1) is 0 Å². The molecular weight excluding hydrogens is 250 g/mol. The van der Waals surface area contributed by atoms with Gasteiger partial charge in [-0.05, 0) is 26.6 Å². The van der Waals surface area contributed by atoms with Crippen LogP contribution in [0.3, 0.4) is 0 Å². The van der Waals surface area contributed by atoms with Gasteiger partial charge < -0.3 is 9.08 Å². The quantitative estimate of drug-likeness (QED) is 0.765. The molecule has 18 heavy (non-hydrogen) atoms. The van der Waals surface area contributed by atoms with Crippen molar-refractivity contribution in [3.05, 3.63) is 41.5 Å². The molecule has 0 aliphatic carbocycles. The van der Waals surface area contributed by atoms with E-state index in [4.69, 9.17) is 4.18 Å². The highest BCUT2D eigenvalue weighted by Crippen LogP contribution is 2.30. The first-order valence-electron chi connectivity index (χ1n) is 5.75. The van der Waals surface area contributed by atoms with E-state index >= 15 is 0 Å². The zero-order valence-corrected chi connectivity index (χ0v) is 11.6. The Morgan fingerprint density at radius 1 is 1.22 bits per heavy atom. The largest absolute Gasteiger partial charge is 0.382 e. The first kappa shape index (κ1) is 13.1. The minimum Gasteiger partial charge on any atom is -0.382 e. The van der Waals surface area contributed by atoms with Gasteiger partial charge in [0.2, 0.25) is 0 Å². The Balaban J connectivity index is 2.52. The van der Waals surface area contributed by atoms with Crippen molar-refractivity contribution in [2.75, 3.05) is 19.8 Å². The second-order valence-electron chi connectivity index (χ2n) is 4.67. The van der Waals surface area contributed by atoms with Gasteiger partial charge in [-0.15, -0.1) is 0 Å². The van der Waals surface area contributed by atoms with Crippen LogP contribution in [0.1, 0.15) is 12.5 Å². The molecule has 1 aliphatic heterocycles. The van der Waals surface area contributed by atoms with Gasteiger partial charge in [0.1, 0.15) is 11.5 Å². The zero-order valence-electron chi connectivity index (χ0n) is 10.8. The highest BCUT2D eigenvalue weighted by molar-refractivity contribution is 7.87. The van der Waals surface area contributed by atoms with Gasteiger partial charge in [0, 0.05) is 5.56 Å². The molecule has 5 heteroatoms. The Kier molecular flexibility index (Phi) is 3.45. The Hall–Kier alpha value is -1.33. The van der Waals surface area contributed by atoms with E-state index in [1.54, 1.807) is 0 Å². The molecule has 0 unspecified atom stereocenters. The molecule has 2 rings (SSSR count). The fourth-order valence-corrected chi connectivity index (χ4v) is 3.58. The number of hydrogen-bond donors (Lipinski definition) is 0. The van der Waals surface area contributed by atoms with Gasteiger partial charge in [-0.2, -0.15) is 8.42 Å². The van der Waals surface area contributed by atoms with Crippen LogP contribution >= 0.6 is 0 Å². The van der Waals surface area contributed by atoms with Gasteiger partial charge in [-0.3, -0.25) is 0 Å². The van der Waals surface area contributed by atoms with E-state index in [0.29, 0.717) is 5.76 Å². The Morgan fingerprint density at radius 3 is 2.39 bits per heavy atom. The van der Waals surface area contributed by atoms with Crippen LogP contribution in [0.15, 0.2) is 35.9 Å². The minimum atomic E-state index is -3.51. The number of hydrogen-bond acceptors (Lipinski definition) is 4. The molecule has 0 bridgehead atoms. The van der Waals surface area contributed by atoms with Crippen molar-refractivity contribution in [3.8, 4) is 0 Å². The minimum absolute atomic E-state index is 0.00215. The second-order valence-corrected chi connectivity index (χ2v) is 6.28. The first-order chi connectivity index (χ1) is 8.41. The molecule has 0 aromatic heterocycles. The van der Waals surface area contributed by atoms with Crippen LogP contribution in [0.5, 0.6) is 0 Å². The summed E-state index contributed by atoms with van der Waals surface area (Å²) in [5.74, 6) is 0.461. The number of benzene rings is 1. The molecule has 4 nitrogen and oxygen atoms in total. The monoisotopic (exact) mass is 267 g/mol. The maximum atomic E-state index is 11.8. The standard InChI is InChI=1S/C13H17NO3S/c1-10-12(14(2)3)9-18(15,16)17-13(10)11-7-5-4-6-8-11/h4-8,12H,9H2,1-3H3/t12-/m1/s1. The summed E-state index contributed by atoms with van der Waals surface area (Å²) in [4.78, 5) is 1.90. The molecule has 0 fully saturated rings. The van der Waals surface area contributed by atoms with Crippen LogP contribution in [-0.4, -0.2) is 39.2 Å². The van der Waals surface area contributed by atoms with Crippen molar-refractivity contribution in [2.45, 2.75) is 13.0 Å². The van der Waals surface area contributed by atoms with Crippen molar-refractivity contribution < 1.29 is 12.6 Å². The summed E-state index contributed by atoms with van der Waals surface area (Å²) >= 11 is 0. The second kappa shape index (κ2) is 4.74. The molecule has 1 aliphatic rings. The van der Waals surface area contributed by atoms with Crippen molar-refractivity contribution in [2.24, 2.45) is 0 Å². The lowest BCUT2D eigenvalue weighted by atomic mass is 10.0. The number of rotatable bonds is 2. The van der Waals surface area contributed by atoms with Gasteiger partial charge >= 0.3 is 10.1 Å². The van der Waals surface area contributed by atoms with Crippen LogP contribution < -0.4 is 0 Å². The lowest BCUT2D eigenvalue weighted by Crippen LogP contribution is -2.39. The lowest BCUT2D eigenvalue weighted by Gasteiger charge is -2.31. The first-order valence-corrected chi connectivity index (χ1v) is 7.33. The number of likely N-dealkylation sites (N-methyl/N-ethyl adjacent to an activating group) is 1. The predicted molar refractivity (Wildman–Crippen MR) is 71.4 cm³/mol. The molecule has 1 heterocycles. The van der Waals surface area contributed by atoms with E-state index in [1.807, 2.05) is 56.3 Å². The van der Waals surface area contributed by atoms with Crippen LogP contribution in [0.4, 0.5) is 0 Å². The molecule has 1 atom stereocenters. The fraction of sp³-hybridized carbons (Fsp3) is 0.385. The highest BCUT2D eigenvalue weighted by atomic mass is 32.2. The summed E-state index contributed by atoms with van der Waals surface area (Å²) in [6, 6.07) is 9.19. The van der Waals surface area contributed by atoms with E-state index in [-0.39, 0.29) is 11.8 Å². The normalized spacial score (nSPS) is 23.0. The average Bonchev–Trinajstić information content (AvgIpc) is 2.32. The van der Waals surface area contributed by atoms with Gasteiger partial charge in [0.15, 0.2) is 0 Å². The molecule has 1 aromatic carbocycles. The van der Waals surface area contributed by atoms with Crippen LogP contribution in [0.25, 0.3) is 5.76 Å². The van der Waals surface area contributed by atoms with Crippen LogP contribution in [-0.2, 0) is 14.3 Å². The lowest BCUT2D eigenvalue weighted by molar-refractivity contribution is 0.327. The summed E-state index contributed by atoms with van der Waals surface area (Å²) in [6.07, 6.45) is 0. The Labute approximate surface area is 108 Å². The molecular formula is C13H17NO3S. The van der Waals surface area contributed by atoms with Gasteiger partial charge in [0.25, 0.3) is 0 Å². The SMILES string of the molecule is CC1=C(c2ccccc2)OS(=O)(=O)C[C@H]1N(C)C. The third-order valence-corrected chi connectivity index (χ3v) is 4.23. The Bertz CT molecular complexity index is 561. The van der Waals surface area contributed by atoms with Crippen molar-refractivity contribution in [1.29, 1.82) is 0 Å². The summed E-state index contributed by atoms with van der Waals surface area (Å²) in [7, 11) is 0.239. The maximum Gasteiger partial charge on any atom is 0.311 e. The average molecular weight is 267 g/mol. The molecule has 0 N–H and O–H groups in total. The molecule has 0 spiro atoms. The van der Waals surface area contributed by atoms with E-state index in [9.17, 15) is 8.42 Å². The van der Waals surface area contributed by atoms with E-state index in [0.717, 1.165) is 11.1 Å². The van der Waals surface area contributed by atoms with Crippen molar-refractivity contribution in [1.82, 2.24) is 4.90 Å². The summed E-state index contributed by atoms with van der Waals surface area (Å²) < 4.78 is 28.8. The summed E-state index contributed by atoms with van der Waals surface area (Å²) in [5, 5.41) is 0. The third kappa shape index (κ3) is 2.57. The molecule has 0 radical (unpaired) electrons. The molecule has 0 amide bonds. The van der Waals surface area contributed by atoms with Gasteiger partial charge in [-0.1, -0.05) is 30.3 Å². The zero-order chi connectivity index (χ0) is 13.3. The van der Waals surface area contributed by atoms with E-state index in [1.165, 1.54) is 0 Å². The summed E-state index contributed by atoms with van der Waals surface area (Å²) in [5.41, 5.74) is 1.74. The van der Waals surface area contributed by atoms with Crippen molar-refractivity contribution >= 4 is 15.9 Å². The molecule has 0 saturated heterocycles. The van der Waals surface area contributed by atoms with Crippen molar-refractivity contribution in [3.63, 3.8) is 0 Å².